The van der Waals surface area contributed by atoms with E-state index in [2.05, 4.69) is 42.7 Å². The second-order valence-electron chi connectivity index (χ2n) is 5.57. The predicted molar refractivity (Wildman–Crippen MR) is 98.1 cm³/mol. The summed E-state index contributed by atoms with van der Waals surface area (Å²) in [5, 5.41) is 20.5. The molecule has 0 unspecified atom stereocenters. The lowest BCUT2D eigenvalue weighted by atomic mass is 10.1. The lowest BCUT2D eigenvalue weighted by molar-refractivity contribution is 0.300. The molecular formula is C20H22NO2S. The molecule has 24 heavy (non-hydrogen) atoms. The second-order valence-corrected chi connectivity index (χ2v) is 6.45. The monoisotopic (exact) mass is 340 g/mol. The standard InChI is InChI=1S/C20H22NO2S/c1-2-5-18-19(22)7-3-8-20(18)23-14-17-11-9-16(10-12-17)6-4-13-24-15-21/h3,8-12,22H,2,4-6,13-14H2,1H3. The number of aromatic hydroxyl groups is 1. The van der Waals surface area contributed by atoms with Crippen molar-refractivity contribution >= 4 is 11.8 Å². The SMILES string of the molecule is CCCc1c(O)[c]ccc1OCc1ccc(CCCSC#N)cc1. The van der Waals surface area contributed by atoms with Crippen molar-refractivity contribution in [2.24, 2.45) is 0 Å². The van der Waals surface area contributed by atoms with Crippen LogP contribution < -0.4 is 4.74 Å². The Kier molecular flexibility index (Phi) is 7.51. The van der Waals surface area contributed by atoms with Gasteiger partial charge < -0.3 is 9.84 Å². The van der Waals surface area contributed by atoms with Crippen molar-refractivity contribution < 1.29 is 9.84 Å². The highest BCUT2D eigenvalue weighted by Gasteiger charge is 2.08. The van der Waals surface area contributed by atoms with Gasteiger partial charge in [0.2, 0.25) is 0 Å². The third-order valence-electron chi connectivity index (χ3n) is 3.73. The van der Waals surface area contributed by atoms with Crippen LogP contribution in [0.5, 0.6) is 11.5 Å². The highest BCUT2D eigenvalue weighted by atomic mass is 32.2. The number of rotatable bonds is 9. The molecule has 2 aromatic rings. The van der Waals surface area contributed by atoms with Crippen LogP contribution in [0, 0.1) is 16.7 Å². The van der Waals surface area contributed by atoms with Crippen molar-refractivity contribution in [1.82, 2.24) is 0 Å². The Labute approximate surface area is 148 Å². The van der Waals surface area contributed by atoms with Gasteiger partial charge in [0.05, 0.1) is 0 Å². The van der Waals surface area contributed by atoms with Crippen LogP contribution in [-0.4, -0.2) is 10.9 Å². The predicted octanol–water partition coefficient (Wildman–Crippen LogP) is 4.87. The molecule has 0 spiro atoms. The summed E-state index contributed by atoms with van der Waals surface area (Å²) in [5.74, 6) is 1.78. The molecule has 0 amide bonds. The summed E-state index contributed by atoms with van der Waals surface area (Å²) in [6.45, 7) is 2.55. The first-order chi connectivity index (χ1) is 11.7. The van der Waals surface area contributed by atoms with E-state index in [0.29, 0.717) is 6.61 Å². The number of phenolic OH excluding ortho intramolecular Hbond substituents is 1. The van der Waals surface area contributed by atoms with E-state index in [1.807, 2.05) is 6.07 Å². The molecule has 4 heteroatoms. The lowest BCUT2D eigenvalue weighted by Crippen LogP contribution is -1.99. The number of hydrogen-bond acceptors (Lipinski definition) is 4. The van der Waals surface area contributed by atoms with Crippen LogP contribution in [0.3, 0.4) is 0 Å². The Hall–Kier alpha value is -2.12. The van der Waals surface area contributed by atoms with E-state index in [-0.39, 0.29) is 5.75 Å². The molecule has 2 rings (SSSR count). The maximum atomic E-state index is 9.92. The van der Waals surface area contributed by atoms with Gasteiger partial charge in [0, 0.05) is 17.4 Å². The van der Waals surface area contributed by atoms with Crippen molar-refractivity contribution in [1.29, 1.82) is 5.26 Å². The first-order valence-electron chi connectivity index (χ1n) is 8.18. The maximum absolute atomic E-state index is 9.92. The van der Waals surface area contributed by atoms with Gasteiger partial charge in [-0.2, -0.15) is 5.26 Å². The quantitative estimate of drug-likeness (QED) is 0.522. The van der Waals surface area contributed by atoms with Gasteiger partial charge in [-0.05, 0) is 54.3 Å². The molecule has 0 aliphatic rings. The Morgan fingerprint density at radius 3 is 2.62 bits per heavy atom. The Morgan fingerprint density at radius 1 is 1.17 bits per heavy atom. The van der Waals surface area contributed by atoms with E-state index in [1.54, 1.807) is 6.07 Å². The maximum Gasteiger partial charge on any atom is 0.133 e. The molecule has 0 atom stereocenters. The number of hydrogen-bond donors (Lipinski definition) is 1. The fourth-order valence-corrected chi connectivity index (χ4v) is 2.86. The van der Waals surface area contributed by atoms with Crippen LogP contribution in [0.4, 0.5) is 0 Å². The van der Waals surface area contributed by atoms with Gasteiger partial charge in [0.15, 0.2) is 0 Å². The molecule has 1 N–H and O–H groups in total. The Morgan fingerprint density at radius 2 is 1.92 bits per heavy atom. The molecule has 0 saturated carbocycles. The number of ether oxygens (including phenoxy) is 1. The average molecular weight is 340 g/mol. The topological polar surface area (TPSA) is 53.2 Å². The normalized spacial score (nSPS) is 10.3. The van der Waals surface area contributed by atoms with Gasteiger partial charge in [0.25, 0.3) is 0 Å². The van der Waals surface area contributed by atoms with Crippen molar-refractivity contribution in [2.75, 3.05) is 5.75 Å². The van der Waals surface area contributed by atoms with Crippen LogP contribution in [0.15, 0.2) is 36.4 Å². The molecule has 3 nitrogen and oxygen atoms in total. The van der Waals surface area contributed by atoms with Crippen molar-refractivity contribution in [3.8, 4) is 16.9 Å². The van der Waals surface area contributed by atoms with Gasteiger partial charge in [-0.1, -0.05) is 37.6 Å². The zero-order valence-electron chi connectivity index (χ0n) is 13.9. The molecular weight excluding hydrogens is 318 g/mol. The van der Waals surface area contributed by atoms with Crippen molar-refractivity contribution in [3.05, 3.63) is 59.2 Å². The highest BCUT2D eigenvalue weighted by Crippen LogP contribution is 2.29. The summed E-state index contributed by atoms with van der Waals surface area (Å²) in [5.41, 5.74) is 3.20. The van der Waals surface area contributed by atoms with Crippen LogP contribution >= 0.6 is 11.8 Å². The van der Waals surface area contributed by atoms with E-state index in [1.165, 1.54) is 17.3 Å². The van der Waals surface area contributed by atoms with Gasteiger partial charge in [-0.25, -0.2) is 0 Å². The number of benzene rings is 2. The van der Waals surface area contributed by atoms with Crippen molar-refractivity contribution in [2.45, 2.75) is 39.2 Å². The van der Waals surface area contributed by atoms with Crippen LogP contribution in [-0.2, 0) is 19.4 Å². The highest BCUT2D eigenvalue weighted by molar-refractivity contribution is 8.03. The lowest BCUT2D eigenvalue weighted by Gasteiger charge is -2.12. The summed E-state index contributed by atoms with van der Waals surface area (Å²) in [4.78, 5) is 0. The summed E-state index contributed by atoms with van der Waals surface area (Å²) >= 11 is 1.31. The van der Waals surface area contributed by atoms with Gasteiger partial charge in [0.1, 0.15) is 23.5 Å². The number of thioether (sulfide) groups is 1. The minimum atomic E-state index is 0.180. The third-order valence-corrected chi connectivity index (χ3v) is 4.35. The van der Waals surface area contributed by atoms with E-state index in [0.717, 1.165) is 48.3 Å². The molecule has 0 aliphatic heterocycles. The Balaban J connectivity index is 1.91. The van der Waals surface area contributed by atoms with Crippen LogP contribution in [0.2, 0.25) is 0 Å². The molecule has 0 aliphatic carbocycles. The number of phenols is 1. The van der Waals surface area contributed by atoms with E-state index >= 15 is 0 Å². The number of thiocyanates is 1. The van der Waals surface area contributed by atoms with Gasteiger partial charge >= 0.3 is 0 Å². The first kappa shape index (κ1) is 18.2. The average Bonchev–Trinajstić information content (AvgIpc) is 2.60. The third kappa shape index (κ3) is 5.50. The fourth-order valence-electron chi connectivity index (χ4n) is 2.48. The van der Waals surface area contributed by atoms with E-state index < -0.39 is 0 Å². The largest absolute Gasteiger partial charge is 0.507 e. The Bertz CT molecular complexity index is 677. The van der Waals surface area contributed by atoms with E-state index in [9.17, 15) is 5.11 Å². The first-order valence-corrected chi connectivity index (χ1v) is 9.17. The summed E-state index contributed by atoms with van der Waals surface area (Å²) in [6, 6.07) is 14.7. The summed E-state index contributed by atoms with van der Waals surface area (Å²) in [6.07, 6.45) is 3.71. The zero-order valence-corrected chi connectivity index (χ0v) is 14.7. The van der Waals surface area contributed by atoms with Crippen LogP contribution in [0.25, 0.3) is 0 Å². The molecule has 125 valence electrons. The van der Waals surface area contributed by atoms with Crippen LogP contribution in [0.1, 0.15) is 36.5 Å². The zero-order chi connectivity index (χ0) is 17.2. The number of nitriles is 1. The summed E-state index contributed by atoms with van der Waals surface area (Å²) < 4.78 is 5.89. The number of nitrogens with zero attached hydrogens (tertiary/aromatic N) is 1. The van der Waals surface area contributed by atoms with Crippen molar-refractivity contribution in [3.63, 3.8) is 0 Å². The molecule has 0 aromatic heterocycles. The molecule has 0 bridgehead atoms. The molecule has 0 fully saturated rings. The second kappa shape index (κ2) is 9.89. The van der Waals surface area contributed by atoms with E-state index in [4.69, 9.17) is 10.00 Å². The molecule has 2 aromatic carbocycles. The minimum Gasteiger partial charge on any atom is -0.507 e. The smallest absolute Gasteiger partial charge is 0.133 e. The summed E-state index contributed by atoms with van der Waals surface area (Å²) in [7, 11) is 0. The fraction of sp³-hybridized carbons (Fsp3) is 0.350. The minimum absolute atomic E-state index is 0.180. The molecule has 1 radical (unpaired) electrons. The van der Waals surface area contributed by atoms with Gasteiger partial charge in [-0.3, -0.25) is 0 Å². The number of aryl methyl sites for hydroxylation is 1. The molecule has 0 heterocycles. The molecule has 0 saturated heterocycles. The van der Waals surface area contributed by atoms with Gasteiger partial charge in [-0.15, -0.1) is 0 Å².